The van der Waals surface area contributed by atoms with E-state index in [2.05, 4.69) is 10.6 Å². The summed E-state index contributed by atoms with van der Waals surface area (Å²) in [4.78, 5) is 24.6. The molecule has 0 atom stereocenters. The molecule has 0 aromatic heterocycles. The molecule has 0 bridgehead atoms. The molecular formula is C16H31N3O2. The van der Waals surface area contributed by atoms with Gasteiger partial charge in [0, 0.05) is 20.1 Å². The van der Waals surface area contributed by atoms with Gasteiger partial charge in [0.1, 0.15) is 0 Å². The van der Waals surface area contributed by atoms with Gasteiger partial charge in [0.25, 0.3) is 0 Å². The fourth-order valence-corrected chi connectivity index (χ4v) is 2.84. The quantitative estimate of drug-likeness (QED) is 0.776. The van der Waals surface area contributed by atoms with E-state index in [1.165, 1.54) is 59.0 Å². The second-order valence-electron chi connectivity index (χ2n) is 6.02. The number of nitrogens with one attached hydrogen (secondary N) is 2. The highest BCUT2D eigenvalue weighted by molar-refractivity contribution is 5.93. The van der Waals surface area contributed by atoms with Gasteiger partial charge < -0.3 is 10.6 Å². The van der Waals surface area contributed by atoms with Gasteiger partial charge in [-0.3, -0.25) is 0 Å². The molecule has 5 nitrogen and oxygen atoms in total. The van der Waals surface area contributed by atoms with Gasteiger partial charge in [-0.25, -0.2) is 14.5 Å². The molecule has 1 fully saturated rings. The van der Waals surface area contributed by atoms with E-state index in [-0.39, 0.29) is 18.1 Å². The SMILES string of the molecule is CNC(=O)N(C)C(=O)NC1CCCCCCCCCCC1. The van der Waals surface area contributed by atoms with E-state index in [4.69, 9.17) is 0 Å². The maximum Gasteiger partial charge on any atom is 0.325 e. The summed E-state index contributed by atoms with van der Waals surface area (Å²) >= 11 is 0. The molecule has 122 valence electrons. The van der Waals surface area contributed by atoms with Gasteiger partial charge in [0.05, 0.1) is 0 Å². The molecule has 0 aromatic carbocycles. The Kier molecular flexibility index (Phi) is 8.87. The molecule has 0 aromatic rings. The highest BCUT2D eigenvalue weighted by Crippen LogP contribution is 2.17. The number of hydrogen-bond acceptors (Lipinski definition) is 2. The van der Waals surface area contributed by atoms with Crippen LogP contribution in [0.3, 0.4) is 0 Å². The summed E-state index contributed by atoms with van der Waals surface area (Å²) in [5.74, 6) is 0. The van der Waals surface area contributed by atoms with Gasteiger partial charge in [-0.1, -0.05) is 57.8 Å². The largest absolute Gasteiger partial charge is 0.341 e. The average Bonchev–Trinajstić information content (AvgIpc) is 2.48. The number of urea groups is 2. The van der Waals surface area contributed by atoms with Crippen LogP contribution in [0.1, 0.15) is 70.6 Å². The van der Waals surface area contributed by atoms with Crippen LogP contribution in [0, 0.1) is 0 Å². The summed E-state index contributed by atoms with van der Waals surface area (Å²) in [5.41, 5.74) is 0. The number of imide groups is 1. The van der Waals surface area contributed by atoms with Gasteiger partial charge in [0.15, 0.2) is 0 Å². The summed E-state index contributed by atoms with van der Waals surface area (Å²) < 4.78 is 0. The van der Waals surface area contributed by atoms with Crippen molar-refractivity contribution in [1.29, 1.82) is 0 Å². The van der Waals surface area contributed by atoms with E-state index in [0.717, 1.165) is 30.6 Å². The lowest BCUT2D eigenvalue weighted by molar-refractivity contribution is 0.192. The lowest BCUT2D eigenvalue weighted by atomic mass is 9.98. The minimum absolute atomic E-state index is 0.198. The predicted molar refractivity (Wildman–Crippen MR) is 85.3 cm³/mol. The van der Waals surface area contributed by atoms with Gasteiger partial charge in [-0.2, -0.15) is 0 Å². The van der Waals surface area contributed by atoms with E-state index in [1.54, 1.807) is 0 Å². The predicted octanol–water partition coefficient (Wildman–Crippen LogP) is 3.64. The molecule has 0 saturated heterocycles. The number of nitrogens with zero attached hydrogens (tertiary/aromatic N) is 1. The minimum Gasteiger partial charge on any atom is -0.341 e. The van der Waals surface area contributed by atoms with Crippen molar-refractivity contribution in [3.05, 3.63) is 0 Å². The molecule has 0 heterocycles. The van der Waals surface area contributed by atoms with Crippen molar-refractivity contribution in [2.24, 2.45) is 0 Å². The van der Waals surface area contributed by atoms with Crippen LogP contribution in [0.25, 0.3) is 0 Å². The van der Waals surface area contributed by atoms with Gasteiger partial charge in [-0.15, -0.1) is 0 Å². The third-order valence-electron chi connectivity index (χ3n) is 4.26. The van der Waals surface area contributed by atoms with Crippen LogP contribution in [-0.2, 0) is 0 Å². The summed E-state index contributed by atoms with van der Waals surface area (Å²) in [7, 11) is 3.03. The first-order chi connectivity index (χ1) is 10.1. The van der Waals surface area contributed by atoms with Crippen molar-refractivity contribution in [3.8, 4) is 0 Å². The molecule has 1 rings (SSSR count). The molecule has 0 spiro atoms. The first-order valence-electron chi connectivity index (χ1n) is 8.41. The zero-order chi connectivity index (χ0) is 15.5. The maximum atomic E-state index is 12.0. The van der Waals surface area contributed by atoms with Crippen LogP contribution in [-0.4, -0.2) is 37.1 Å². The van der Waals surface area contributed by atoms with Gasteiger partial charge in [0.2, 0.25) is 0 Å². The van der Waals surface area contributed by atoms with Crippen LogP contribution in [0.4, 0.5) is 9.59 Å². The Hall–Kier alpha value is -1.26. The molecule has 0 aliphatic heterocycles. The van der Waals surface area contributed by atoms with Crippen LogP contribution < -0.4 is 10.6 Å². The zero-order valence-corrected chi connectivity index (χ0v) is 13.6. The Labute approximate surface area is 128 Å². The van der Waals surface area contributed by atoms with Crippen molar-refractivity contribution in [2.45, 2.75) is 76.7 Å². The van der Waals surface area contributed by atoms with Crippen molar-refractivity contribution >= 4 is 12.1 Å². The fraction of sp³-hybridized carbons (Fsp3) is 0.875. The Morgan fingerprint density at radius 3 is 1.67 bits per heavy atom. The van der Waals surface area contributed by atoms with Crippen molar-refractivity contribution in [2.75, 3.05) is 14.1 Å². The Balaban J connectivity index is 2.43. The maximum absolute atomic E-state index is 12.0. The summed E-state index contributed by atoms with van der Waals surface area (Å²) in [6.07, 6.45) is 13.5. The molecule has 21 heavy (non-hydrogen) atoms. The average molecular weight is 297 g/mol. The fourth-order valence-electron chi connectivity index (χ4n) is 2.84. The van der Waals surface area contributed by atoms with E-state index in [0.29, 0.717) is 0 Å². The third kappa shape index (κ3) is 7.34. The molecule has 1 saturated carbocycles. The van der Waals surface area contributed by atoms with Gasteiger partial charge in [-0.05, 0) is 12.8 Å². The summed E-state index contributed by atoms with van der Waals surface area (Å²) in [6, 6.07) is -0.476. The van der Waals surface area contributed by atoms with Crippen LogP contribution in [0.15, 0.2) is 0 Å². The minimum atomic E-state index is -0.374. The van der Waals surface area contributed by atoms with Gasteiger partial charge >= 0.3 is 12.1 Å². The topological polar surface area (TPSA) is 61.4 Å². The highest BCUT2D eigenvalue weighted by Gasteiger charge is 2.19. The monoisotopic (exact) mass is 297 g/mol. The second kappa shape index (κ2) is 10.5. The highest BCUT2D eigenvalue weighted by atomic mass is 16.2. The first kappa shape index (κ1) is 17.8. The van der Waals surface area contributed by atoms with Crippen molar-refractivity contribution < 1.29 is 9.59 Å². The lowest BCUT2D eigenvalue weighted by Gasteiger charge is -2.23. The molecule has 0 unspecified atom stereocenters. The van der Waals surface area contributed by atoms with Crippen LogP contribution in [0.2, 0.25) is 0 Å². The van der Waals surface area contributed by atoms with Crippen LogP contribution >= 0.6 is 0 Å². The van der Waals surface area contributed by atoms with E-state index in [9.17, 15) is 9.59 Å². The summed E-state index contributed by atoms with van der Waals surface area (Å²) in [5, 5.41) is 5.48. The molecule has 1 aliphatic rings. The number of carbonyl (C=O) groups excluding carboxylic acids is 2. The smallest absolute Gasteiger partial charge is 0.325 e. The van der Waals surface area contributed by atoms with E-state index < -0.39 is 0 Å². The number of carbonyl (C=O) groups is 2. The molecular weight excluding hydrogens is 266 g/mol. The van der Waals surface area contributed by atoms with E-state index >= 15 is 0 Å². The Morgan fingerprint density at radius 2 is 1.24 bits per heavy atom. The molecule has 5 heteroatoms. The lowest BCUT2D eigenvalue weighted by Crippen LogP contribution is -2.48. The first-order valence-corrected chi connectivity index (χ1v) is 8.41. The molecule has 1 aliphatic carbocycles. The molecule has 4 amide bonds. The van der Waals surface area contributed by atoms with Crippen molar-refractivity contribution in [3.63, 3.8) is 0 Å². The van der Waals surface area contributed by atoms with E-state index in [1.807, 2.05) is 0 Å². The Morgan fingerprint density at radius 1 is 0.810 bits per heavy atom. The summed E-state index contributed by atoms with van der Waals surface area (Å²) in [6.45, 7) is 0. The molecule has 0 radical (unpaired) electrons. The number of rotatable bonds is 1. The number of hydrogen-bond donors (Lipinski definition) is 2. The molecule has 2 N–H and O–H groups in total. The zero-order valence-electron chi connectivity index (χ0n) is 13.6. The number of amides is 4. The second-order valence-corrected chi connectivity index (χ2v) is 6.02. The normalized spacial score (nSPS) is 19.0. The Bertz CT molecular complexity index is 309. The van der Waals surface area contributed by atoms with Crippen molar-refractivity contribution in [1.82, 2.24) is 15.5 Å². The third-order valence-corrected chi connectivity index (χ3v) is 4.26. The standard InChI is InChI=1S/C16H31N3O2/c1-17-15(20)19(2)16(21)18-14-12-10-8-6-4-3-5-7-9-11-13-14/h14H,3-13H2,1-2H3,(H,17,20)(H,18,21). The van der Waals surface area contributed by atoms with Crippen LogP contribution in [0.5, 0.6) is 0 Å².